The van der Waals surface area contributed by atoms with E-state index in [2.05, 4.69) is 9.88 Å². The minimum Gasteiger partial charge on any atom is -0.368 e. The van der Waals surface area contributed by atoms with E-state index in [-0.39, 0.29) is 17.8 Å². The SMILES string of the molecule is CN(Cc1cccc(F)c1)C(=O)CN1CCO[C@@H](c2nccs2)C1. The van der Waals surface area contributed by atoms with Gasteiger partial charge < -0.3 is 9.64 Å². The summed E-state index contributed by atoms with van der Waals surface area (Å²) in [6, 6.07) is 6.33. The number of likely N-dealkylation sites (N-methyl/N-ethyl adjacent to an activating group) is 1. The first-order valence-corrected chi connectivity index (χ1v) is 8.71. The highest BCUT2D eigenvalue weighted by molar-refractivity contribution is 7.09. The largest absolute Gasteiger partial charge is 0.368 e. The standard InChI is InChI=1S/C17H20FN3O2S/c1-20(10-13-3-2-4-14(18)9-13)16(22)12-21-6-7-23-15(11-21)17-19-5-8-24-17/h2-5,8-9,15H,6-7,10-12H2,1H3/t15-/m1/s1. The van der Waals surface area contributed by atoms with E-state index in [1.807, 2.05) is 11.4 Å². The number of halogens is 1. The molecule has 5 nitrogen and oxygen atoms in total. The molecular formula is C17H20FN3O2S. The predicted molar refractivity (Wildman–Crippen MR) is 90.1 cm³/mol. The average molecular weight is 349 g/mol. The van der Waals surface area contributed by atoms with Crippen molar-refractivity contribution in [3.63, 3.8) is 0 Å². The van der Waals surface area contributed by atoms with Gasteiger partial charge >= 0.3 is 0 Å². The first kappa shape index (κ1) is 17.0. The summed E-state index contributed by atoms with van der Waals surface area (Å²) in [6.45, 7) is 2.70. The van der Waals surface area contributed by atoms with E-state index in [1.165, 1.54) is 12.1 Å². The van der Waals surface area contributed by atoms with Crippen molar-refractivity contribution in [2.24, 2.45) is 0 Å². The van der Waals surface area contributed by atoms with Crippen LogP contribution in [0.25, 0.3) is 0 Å². The van der Waals surface area contributed by atoms with Gasteiger partial charge in [0.05, 0.1) is 13.2 Å². The Hall–Kier alpha value is -1.83. The summed E-state index contributed by atoms with van der Waals surface area (Å²) in [5.41, 5.74) is 0.786. The molecule has 1 aromatic heterocycles. The summed E-state index contributed by atoms with van der Waals surface area (Å²) < 4.78 is 19.0. The van der Waals surface area contributed by atoms with Crippen LogP contribution in [0.2, 0.25) is 0 Å². The van der Waals surface area contributed by atoms with Gasteiger partial charge in [0.1, 0.15) is 16.9 Å². The van der Waals surface area contributed by atoms with E-state index >= 15 is 0 Å². The molecule has 0 saturated carbocycles. The minimum atomic E-state index is -0.284. The number of aromatic nitrogens is 1. The van der Waals surface area contributed by atoms with Gasteiger partial charge in [0.15, 0.2) is 0 Å². The van der Waals surface area contributed by atoms with Crippen LogP contribution in [0.4, 0.5) is 4.39 Å². The predicted octanol–water partition coefficient (Wildman–Crippen LogP) is 2.31. The van der Waals surface area contributed by atoms with Crippen molar-refractivity contribution in [3.05, 3.63) is 52.2 Å². The lowest BCUT2D eigenvalue weighted by Gasteiger charge is -2.32. The molecule has 7 heteroatoms. The molecule has 1 aliphatic heterocycles. The van der Waals surface area contributed by atoms with Gasteiger partial charge in [-0.15, -0.1) is 11.3 Å². The Kier molecular flexibility index (Phi) is 5.55. The number of amides is 1. The molecule has 0 bridgehead atoms. The van der Waals surface area contributed by atoms with E-state index in [4.69, 9.17) is 4.74 Å². The fourth-order valence-corrected chi connectivity index (χ4v) is 3.38. The highest BCUT2D eigenvalue weighted by Crippen LogP contribution is 2.23. The average Bonchev–Trinajstić information content (AvgIpc) is 3.09. The zero-order valence-electron chi connectivity index (χ0n) is 13.5. The highest BCUT2D eigenvalue weighted by Gasteiger charge is 2.25. The maximum absolute atomic E-state index is 13.2. The van der Waals surface area contributed by atoms with E-state index in [0.29, 0.717) is 26.2 Å². The van der Waals surface area contributed by atoms with Crippen LogP contribution in [-0.2, 0) is 16.1 Å². The maximum atomic E-state index is 13.2. The Labute approximate surface area is 144 Å². The minimum absolute atomic E-state index is 0.0130. The van der Waals surface area contributed by atoms with Gasteiger partial charge in [-0.1, -0.05) is 12.1 Å². The van der Waals surface area contributed by atoms with Crippen LogP contribution in [0.5, 0.6) is 0 Å². The summed E-state index contributed by atoms with van der Waals surface area (Å²) in [5, 5.41) is 2.87. The molecule has 24 heavy (non-hydrogen) atoms. The molecule has 2 aromatic rings. The van der Waals surface area contributed by atoms with Crippen molar-refractivity contribution in [2.45, 2.75) is 12.6 Å². The van der Waals surface area contributed by atoms with Crippen molar-refractivity contribution in [3.8, 4) is 0 Å². The summed E-state index contributed by atoms with van der Waals surface area (Å²) >= 11 is 1.57. The molecule has 1 saturated heterocycles. The molecule has 2 heterocycles. The monoisotopic (exact) mass is 349 g/mol. The molecule has 1 aromatic carbocycles. The quantitative estimate of drug-likeness (QED) is 0.831. The maximum Gasteiger partial charge on any atom is 0.236 e. The lowest BCUT2D eigenvalue weighted by Crippen LogP contribution is -2.44. The molecule has 0 N–H and O–H groups in total. The van der Waals surface area contributed by atoms with Gasteiger partial charge in [-0.25, -0.2) is 9.37 Å². The van der Waals surface area contributed by atoms with Crippen molar-refractivity contribution >= 4 is 17.2 Å². The van der Waals surface area contributed by atoms with Crippen LogP contribution in [0, 0.1) is 5.82 Å². The van der Waals surface area contributed by atoms with Crippen molar-refractivity contribution < 1.29 is 13.9 Å². The fraction of sp³-hybridized carbons (Fsp3) is 0.412. The smallest absolute Gasteiger partial charge is 0.236 e. The van der Waals surface area contributed by atoms with Gasteiger partial charge in [-0.05, 0) is 17.7 Å². The number of hydrogen-bond acceptors (Lipinski definition) is 5. The number of hydrogen-bond donors (Lipinski definition) is 0. The molecule has 1 fully saturated rings. The molecule has 0 unspecified atom stereocenters. The molecule has 0 radical (unpaired) electrons. The Morgan fingerprint density at radius 1 is 1.54 bits per heavy atom. The van der Waals surface area contributed by atoms with Crippen molar-refractivity contribution in [2.75, 3.05) is 33.3 Å². The number of morpholine rings is 1. The third-order valence-corrected chi connectivity index (χ3v) is 4.84. The zero-order valence-corrected chi connectivity index (χ0v) is 14.3. The lowest BCUT2D eigenvalue weighted by molar-refractivity contribution is -0.133. The number of carbonyl (C=O) groups excluding carboxylic acids is 1. The van der Waals surface area contributed by atoms with Crippen LogP contribution >= 0.6 is 11.3 Å². The highest BCUT2D eigenvalue weighted by atomic mass is 32.1. The van der Waals surface area contributed by atoms with Gasteiger partial charge in [-0.2, -0.15) is 0 Å². The topological polar surface area (TPSA) is 45.7 Å². The number of nitrogens with zero attached hydrogens (tertiary/aromatic N) is 3. The molecule has 128 valence electrons. The number of rotatable bonds is 5. The van der Waals surface area contributed by atoms with E-state index in [1.54, 1.807) is 35.5 Å². The summed E-state index contributed by atoms with van der Waals surface area (Å²) in [4.78, 5) is 20.4. The van der Waals surface area contributed by atoms with Gasteiger partial charge in [-0.3, -0.25) is 9.69 Å². The summed E-state index contributed by atoms with van der Waals surface area (Å²) in [6.07, 6.45) is 1.69. The number of thiazole rings is 1. The molecule has 3 rings (SSSR count). The number of carbonyl (C=O) groups is 1. The van der Waals surface area contributed by atoms with Gasteiger partial charge in [0.2, 0.25) is 5.91 Å². The first-order chi connectivity index (χ1) is 11.6. The molecule has 1 atom stereocenters. The molecule has 1 aliphatic rings. The Morgan fingerprint density at radius 3 is 3.17 bits per heavy atom. The molecule has 0 aliphatic carbocycles. The molecule has 1 amide bonds. The van der Waals surface area contributed by atoms with Crippen LogP contribution in [-0.4, -0.2) is 54.0 Å². The number of benzene rings is 1. The van der Waals surface area contributed by atoms with Crippen LogP contribution in [0.3, 0.4) is 0 Å². The van der Waals surface area contributed by atoms with E-state index in [9.17, 15) is 9.18 Å². The third kappa shape index (κ3) is 4.37. The first-order valence-electron chi connectivity index (χ1n) is 7.83. The van der Waals surface area contributed by atoms with E-state index in [0.717, 1.165) is 17.1 Å². The lowest BCUT2D eigenvalue weighted by atomic mass is 10.2. The van der Waals surface area contributed by atoms with Crippen LogP contribution < -0.4 is 0 Å². The van der Waals surface area contributed by atoms with Crippen LogP contribution in [0.1, 0.15) is 16.7 Å². The van der Waals surface area contributed by atoms with E-state index < -0.39 is 0 Å². The summed E-state index contributed by atoms with van der Waals surface area (Å²) in [5.74, 6) is -0.271. The van der Waals surface area contributed by atoms with Crippen LogP contribution in [0.15, 0.2) is 35.8 Å². The van der Waals surface area contributed by atoms with Gasteiger partial charge in [0.25, 0.3) is 0 Å². The Balaban J connectivity index is 1.53. The van der Waals surface area contributed by atoms with Crippen molar-refractivity contribution in [1.82, 2.24) is 14.8 Å². The second-order valence-corrected chi connectivity index (χ2v) is 6.77. The second-order valence-electron chi connectivity index (χ2n) is 5.84. The normalized spacial score (nSPS) is 18.5. The second kappa shape index (κ2) is 7.83. The molecule has 0 spiro atoms. The van der Waals surface area contributed by atoms with Crippen molar-refractivity contribution in [1.29, 1.82) is 0 Å². The third-order valence-electron chi connectivity index (χ3n) is 3.97. The Morgan fingerprint density at radius 2 is 2.42 bits per heavy atom. The number of ether oxygens (including phenoxy) is 1. The Bertz CT molecular complexity index is 680. The summed E-state index contributed by atoms with van der Waals surface area (Å²) in [7, 11) is 1.74. The zero-order chi connectivity index (χ0) is 16.9. The molecular weight excluding hydrogens is 329 g/mol. The van der Waals surface area contributed by atoms with Gasteiger partial charge in [0, 0.05) is 38.3 Å². The fourth-order valence-electron chi connectivity index (χ4n) is 2.70.